The molecule has 0 radical (unpaired) electrons. The van der Waals surface area contributed by atoms with Crippen molar-refractivity contribution in [1.29, 1.82) is 0 Å². The molecule has 0 bridgehead atoms. The largest absolute Gasteiger partial charge is 0.228 e. The van der Waals surface area contributed by atoms with Crippen LogP contribution in [0.1, 0.15) is 0 Å². The number of nitrogens with zero attached hydrogens (tertiary/aromatic N) is 4. The summed E-state index contributed by atoms with van der Waals surface area (Å²) < 4.78 is 2.19. The molecule has 38 heavy (non-hydrogen) atoms. The number of rotatable bonds is 4. The molecule has 0 aliphatic heterocycles. The molecule has 0 aliphatic rings. The molecule has 0 aliphatic carbocycles. The Morgan fingerprint density at radius 1 is 0.526 bits per heavy atom. The molecule has 0 unspecified atom stereocenters. The van der Waals surface area contributed by atoms with Crippen LogP contribution in [0.5, 0.6) is 0 Å². The maximum absolute atomic E-state index is 6.37. The predicted molar refractivity (Wildman–Crippen MR) is 157 cm³/mol. The Kier molecular flexibility index (Phi) is 5.65. The SMILES string of the molecule is Clc1nc(-c2ccc(-c3nc(-c4ccccc4)cc(-c4ccccc4)n3)cc2)c2sc3ccccc3c2n1. The van der Waals surface area contributed by atoms with E-state index in [-0.39, 0.29) is 5.28 Å². The molecule has 3 heterocycles. The highest BCUT2D eigenvalue weighted by atomic mass is 35.5. The monoisotopic (exact) mass is 526 g/mol. The molecule has 7 rings (SSSR count). The number of aromatic nitrogens is 4. The van der Waals surface area contributed by atoms with E-state index in [1.807, 2.05) is 66.7 Å². The fourth-order valence-electron chi connectivity index (χ4n) is 4.63. The van der Waals surface area contributed by atoms with Crippen LogP contribution in [-0.2, 0) is 0 Å². The first-order valence-electron chi connectivity index (χ1n) is 12.2. The third-order valence-corrected chi connectivity index (χ3v) is 7.81. The van der Waals surface area contributed by atoms with E-state index in [0.29, 0.717) is 5.82 Å². The third kappa shape index (κ3) is 4.12. The normalized spacial score (nSPS) is 11.3. The van der Waals surface area contributed by atoms with Gasteiger partial charge in [0.2, 0.25) is 5.28 Å². The van der Waals surface area contributed by atoms with Crippen LogP contribution in [0.25, 0.3) is 65.5 Å². The van der Waals surface area contributed by atoms with Crippen molar-refractivity contribution in [2.45, 2.75) is 0 Å². The van der Waals surface area contributed by atoms with Gasteiger partial charge in [0.05, 0.1) is 27.3 Å². The number of benzene rings is 4. The first-order valence-corrected chi connectivity index (χ1v) is 13.4. The highest BCUT2D eigenvalue weighted by molar-refractivity contribution is 7.26. The standard InChI is InChI=1S/C32H19ClN4S/c33-32-36-28(30-29(37-32)24-13-7-8-14-27(24)38-30)22-15-17-23(18-16-22)31-34-25(20-9-3-1-4-10-20)19-26(35-31)21-11-5-2-6-12-21/h1-19H. The van der Waals surface area contributed by atoms with Crippen LogP contribution in [0.15, 0.2) is 115 Å². The van der Waals surface area contributed by atoms with Gasteiger partial charge in [-0.05, 0) is 23.7 Å². The summed E-state index contributed by atoms with van der Waals surface area (Å²) >= 11 is 8.06. The molecule has 0 saturated heterocycles. The van der Waals surface area contributed by atoms with Gasteiger partial charge >= 0.3 is 0 Å². The molecule has 3 aromatic heterocycles. The lowest BCUT2D eigenvalue weighted by molar-refractivity contribution is 1.18. The van der Waals surface area contributed by atoms with Gasteiger partial charge in [-0.25, -0.2) is 19.9 Å². The predicted octanol–water partition coefficient (Wildman–Crippen LogP) is 8.96. The Hall–Kier alpha value is -4.45. The lowest BCUT2D eigenvalue weighted by atomic mass is 10.1. The number of hydrogen-bond acceptors (Lipinski definition) is 5. The lowest BCUT2D eigenvalue weighted by Gasteiger charge is -2.10. The summed E-state index contributed by atoms with van der Waals surface area (Å²) in [5, 5.41) is 1.33. The highest BCUT2D eigenvalue weighted by Gasteiger charge is 2.16. The number of fused-ring (bicyclic) bond motifs is 3. The zero-order valence-corrected chi connectivity index (χ0v) is 21.6. The van der Waals surface area contributed by atoms with Crippen molar-refractivity contribution < 1.29 is 0 Å². The molecular formula is C32H19ClN4S. The van der Waals surface area contributed by atoms with E-state index in [1.54, 1.807) is 11.3 Å². The van der Waals surface area contributed by atoms with E-state index in [9.17, 15) is 0 Å². The first-order chi connectivity index (χ1) is 18.7. The molecule has 0 fully saturated rings. The summed E-state index contributed by atoms with van der Waals surface area (Å²) in [4.78, 5) is 19.0. The number of halogens is 1. The summed E-state index contributed by atoms with van der Waals surface area (Å²) in [6.45, 7) is 0. The van der Waals surface area contributed by atoms with Gasteiger partial charge in [-0.2, -0.15) is 0 Å². The Bertz CT molecular complexity index is 1860. The van der Waals surface area contributed by atoms with E-state index in [4.69, 9.17) is 21.6 Å². The second-order valence-electron chi connectivity index (χ2n) is 8.89. The average molecular weight is 527 g/mol. The fraction of sp³-hybridized carbons (Fsp3) is 0. The van der Waals surface area contributed by atoms with E-state index in [2.05, 4.69) is 58.5 Å². The molecule has 0 atom stereocenters. The molecule has 4 aromatic carbocycles. The maximum atomic E-state index is 6.37. The third-order valence-electron chi connectivity index (χ3n) is 6.47. The van der Waals surface area contributed by atoms with Crippen LogP contribution in [0, 0.1) is 0 Å². The molecule has 0 spiro atoms. The second-order valence-corrected chi connectivity index (χ2v) is 10.3. The van der Waals surface area contributed by atoms with Crippen molar-refractivity contribution in [1.82, 2.24) is 19.9 Å². The van der Waals surface area contributed by atoms with Crippen molar-refractivity contribution in [2.24, 2.45) is 0 Å². The topological polar surface area (TPSA) is 51.6 Å². The molecule has 180 valence electrons. The van der Waals surface area contributed by atoms with Crippen LogP contribution in [0.3, 0.4) is 0 Å². The smallest absolute Gasteiger partial charge is 0.223 e. The molecule has 4 nitrogen and oxygen atoms in total. The Balaban J connectivity index is 1.35. The van der Waals surface area contributed by atoms with Crippen molar-refractivity contribution in [3.63, 3.8) is 0 Å². The highest BCUT2D eigenvalue weighted by Crippen LogP contribution is 2.39. The van der Waals surface area contributed by atoms with Crippen LogP contribution >= 0.6 is 22.9 Å². The van der Waals surface area contributed by atoms with Gasteiger partial charge in [-0.3, -0.25) is 0 Å². The zero-order chi connectivity index (χ0) is 25.5. The van der Waals surface area contributed by atoms with Gasteiger partial charge in [0.15, 0.2) is 5.82 Å². The minimum absolute atomic E-state index is 0.242. The summed E-state index contributed by atoms with van der Waals surface area (Å²) in [7, 11) is 0. The van der Waals surface area contributed by atoms with Crippen molar-refractivity contribution >= 4 is 43.2 Å². The van der Waals surface area contributed by atoms with E-state index < -0.39 is 0 Å². The van der Waals surface area contributed by atoms with Gasteiger partial charge < -0.3 is 0 Å². The fourth-order valence-corrected chi connectivity index (χ4v) is 5.95. The molecule has 6 heteroatoms. The Labute approximate surface area is 228 Å². The summed E-state index contributed by atoms with van der Waals surface area (Å²) in [6, 6.07) is 38.9. The van der Waals surface area contributed by atoms with E-state index >= 15 is 0 Å². The lowest BCUT2D eigenvalue weighted by Crippen LogP contribution is -1.96. The van der Waals surface area contributed by atoms with Crippen LogP contribution in [0.2, 0.25) is 5.28 Å². The van der Waals surface area contributed by atoms with Gasteiger partial charge in [-0.1, -0.05) is 103 Å². The summed E-state index contributed by atoms with van der Waals surface area (Å²) in [5.41, 5.74) is 7.47. The number of thiophene rings is 1. The van der Waals surface area contributed by atoms with Crippen molar-refractivity contribution in [3.05, 3.63) is 121 Å². The van der Waals surface area contributed by atoms with Gasteiger partial charge in [-0.15, -0.1) is 11.3 Å². The van der Waals surface area contributed by atoms with Crippen LogP contribution < -0.4 is 0 Å². The number of hydrogen-bond donors (Lipinski definition) is 0. The minimum Gasteiger partial charge on any atom is -0.228 e. The first kappa shape index (κ1) is 22.7. The Morgan fingerprint density at radius 3 is 1.76 bits per heavy atom. The maximum Gasteiger partial charge on any atom is 0.223 e. The molecule has 0 N–H and O–H groups in total. The van der Waals surface area contributed by atoms with Crippen molar-refractivity contribution in [3.8, 4) is 45.2 Å². The molecular weight excluding hydrogens is 508 g/mol. The zero-order valence-electron chi connectivity index (χ0n) is 20.0. The van der Waals surface area contributed by atoms with Crippen molar-refractivity contribution in [2.75, 3.05) is 0 Å². The summed E-state index contributed by atoms with van der Waals surface area (Å²) in [6.07, 6.45) is 0. The second kappa shape index (κ2) is 9.45. The van der Waals surface area contributed by atoms with Gasteiger partial charge in [0.25, 0.3) is 0 Å². The van der Waals surface area contributed by atoms with Gasteiger partial charge in [0.1, 0.15) is 0 Å². The minimum atomic E-state index is 0.242. The Morgan fingerprint density at radius 2 is 1.11 bits per heavy atom. The summed E-state index contributed by atoms with van der Waals surface area (Å²) in [5.74, 6) is 0.671. The average Bonchev–Trinajstić information content (AvgIpc) is 3.36. The van der Waals surface area contributed by atoms with Crippen LogP contribution in [0.4, 0.5) is 0 Å². The van der Waals surface area contributed by atoms with Gasteiger partial charge in [0, 0.05) is 32.3 Å². The molecule has 0 saturated carbocycles. The van der Waals surface area contributed by atoms with E-state index in [0.717, 1.165) is 59.6 Å². The molecule has 7 aromatic rings. The molecule has 0 amide bonds. The quantitative estimate of drug-likeness (QED) is 0.215. The van der Waals surface area contributed by atoms with Crippen LogP contribution in [-0.4, -0.2) is 19.9 Å². The van der Waals surface area contributed by atoms with E-state index in [1.165, 1.54) is 0 Å².